The van der Waals surface area contributed by atoms with Gasteiger partial charge in [-0.25, -0.2) is 0 Å². The van der Waals surface area contributed by atoms with Gasteiger partial charge in [0, 0.05) is 12.6 Å². The lowest BCUT2D eigenvalue weighted by Crippen LogP contribution is -2.33. The molecular weight excluding hydrogens is 194 g/mol. The van der Waals surface area contributed by atoms with Crippen LogP contribution >= 0.6 is 0 Å². The van der Waals surface area contributed by atoms with E-state index in [-0.39, 0.29) is 0 Å². The van der Waals surface area contributed by atoms with E-state index in [9.17, 15) is 0 Å². The molecule has 2 fully saturated rings. The molecule has 2 aliphatic rings. The van der Waals surface area contributed by atoms with Gasteiger partial charge < -0.3 is 5.32 Å². The third-order valence-electron chi connectivity index (χ3n) is 4.34. The van der Waals surface area contributed by atoms with E-state index in [2.05, 4.69) is 24.9 Å². The van der Waals surface area contributed by atoms with Crippen molar-refractivity contribution in [2.75, 3.05) is 6.54 Å². The van der Waals surface area contributed by atoms with Gasteiger partial charge >= 0.3 is 0 Å². The maximum absolute atomic E-state index is 4.06. The van der Waals surface area contributed by atoms with Gasteiger partial charge in [0.1, 0.15) is 0 Å². The van der Waals surface area contributed by atoms with Crippen LogP contribution in [0.1, 0.15) is 58.3 Å². The summed E-state index contributed by atoms with van der Waals surface area (Å²) in [5, 5.41) is 3.67. The Morgan fingerprint density at radius 1 is 1.19 bits per heavy atom. The average molecular weight is 221 g/mol. The van der Waals surface area contributed by atoms with Crippen molar-refractivity contribution in [1.82, 2.24) is 5.32 Å². The van der Waals surface area contributed by atoms with E-state index in [1.165, 1.54) is 51.4 Å². The average Bonchev–Trinajstić information content (AvgIpc) is 3.12. The molecule has 0 saturated heterocycles. The number of hydrogen-bond donors (Lipinski definition) is 1. The van der Waals surface area contributed by atoms with Gasteiger partial charge in [-0.2, -0.15) is 0 Å². The Balaban J connectivity index is 1.78. The monoisotopic (exact) mass is 221 g/mol. The van der Waals surface area contributed by atoms with Crippen LogP contribution in [0.5, 0.6) is 0 Å². The molecule has 2 aliphatic carbocycles. The second-order valence-electron chi connectivity index (χ2n) is 6.22. The molecule has 0 aliphatic heterocycles. The fourth-order valence-corrected chi connectivity index (χ4v) is 2.94. The molecule has 0 heterocycles. The van der Waals surface area contributed by atoms with E-state index in [0.717, 1.165) is 18.5 Å². The Hall–Kier alpha value is -0.300. The molecule has 0 spiro atoms. The van der Waals surface area contributed by atoms with Crippen LogP contribution in [0.15, 0.2) is 12.7 Å². The summed E-state index contributed by atoms with van der Waals surface area (Å²) >= 11 is 0. The summed E-state index contributed by atoms with van der Waals surface area (Å²) in [4.78, 5) is 0. The van der Waals surface area contributed by atoms with Gasteiger partial charge in [-0.3, -0.25) is 0 Å². The number of nitrogens with one attached hydrogen (secondary N) is 1. The molecular formula is C15H27N. The Labute approximate surface area is 101 Å². The van der Waals surface area contributed by atoms with E-state index < -0.39 is 0 Å². The van der Waals surface area contributed by atoms with Gasteiger partial charge in [-0.1, -0.05) is 45.1 Å². The van der Waals surface area contributed by atoms with E-state index in [1.807, 2.05) is 0 Å². The lowest BCUT2D eigenvalue weighted by atomic mass is 9.75. The van der Waals surface area contributed by atoms with Crippen molar-refractivity contribution in [3.63, 3.8) is 0 Å². The molecule has 0 bridgehead atoms. The van der Waals surface area contributed by atoms with Gasteiger partial charge in [0.05, 0.1) is 0 Å². The van der Waals surface area contributed by atoms with E-state index in [4.69, 9.17) is 0 Å². The maximum atomic E-state index is 4.06. The first-order valence-electron chi connectivity index (χ1n) is 7.09. The Kier molecular flexibility index (Phi) is 4.07. The van der Waals surface area contributed by atoms with Crippen molar-refractivity contribution < 1.29 is 0 Å². The molecule has 0 amide bonds. The highest BCUT2D eigenvalue weighted by Crippen LogP contribution is 2.35. The molecule has 0 aromatic carbocycles. The molecule has 0 radical (unpaired) electrons. The normalized spacial score (nSPS) is 26.3. The molecule has 0 aromatic rings. The highest BCUT2D eigenvalue weighted by atomic mass is 15.0. The van der Waals surface area contributed by atoms with E-state index >= 15 is 0 Å². The minimum Gasteiger partial charge on any atom is -0.313 e. The minimum atomic E-state index is 0.324. The van der Waals surface area contributed by atoms with Gasteiger partial charge in [-0.15, -0.1) is 6.58 Å². The van der Waals surface area contributed by atoms with Gasteiger partial charge in [0.2, 0.25) is 0 Å². The third-order valence-corrected chi connectivity index (χ3v) is 4.34. The predicted octanol–water partition coefficient (Wildman–Crippen LogP) is 3.90. The van der Waals surface area contributed by atoms with Crippen LogP contribution in [0, 0.1) is 11.3 Å². The van der Waals surface area contributed by atoms with Crippen molar-refractivity contribution in [3.8, 4) is 0 Å². The van der Waals surface area contributed by atoms with Crippen molar-refractivity contribution in [3.05, 3.63) is 12.7 Å². The van der Waals surface area contributed by atoms with Gasteiger partial charge in [0.25, 0.3) is 0 Å². The predicted molar refractivity (Wildman–Crippen MR) is 70.5 cm³/mol. The van der Waals surface area contributed by atoms with E-state index in [0.29, 0.717) is 5.41 Å². The molecule has 1 nitrogen and oxygen atoms in total. The second kappa shape index (κ2) is 5.35. The first-order valence-corrected chi connectivity index (χ1v) is 7.09. The van der Waals surface area contributed by atoms with Gasteiger partial charge in [-0.05, 0) is 30.6 Å². The largest absolute Gasteiger partial charge is 0.313 e. The van der Waals surface area contributed by atoms with Crippen LogP contribution in [0.4, 0.5) is 0 Å². The quantitative estimate of drug-likeness (QED) is 0.671. The number of rotatable bonds is 6. The fraction of sp³-hybridized carbons (Fsp3) is 0.867. The van der Waals surface area contributed by atoms with E-state index in [1.54, 1.807) is 0 Å². The van der Waals surface area contributed by atoms with Crippen molar-refractivity contribution >= 4 is 0 Å². The lowest BCUT2D eigenvalue weighted by molar-refractivity contribution is 0.241. The highest BCUT2D eigenvalue weighted by molar-refractivity contribution is 4.96. The summed E-state index contributed by atoms with van der Waals surface area (Å²) in [6.45, 7) is 7.57. The number of hydrogen-bond acceptors (Lipinski definition) is 1. The van der Waals surface area contributed by atoms with Crippen LogP contribution in [-0.4, -0.2) is 12.6 Å². The summed E-state index contributed by atoms with van der Waals surface area (Å²) in [6.07, 6.45) is 13.6. The summed E-state index contributed by atoms with van der Waals surface area (Å²) < 4.78 is 0. The van der Waals surface area contributed by atoms with Crippen LogP contribution in [0.25, 0.3) is 0 Å². The smallest absolute Gasteiger partial charge is 0.00685 e. The maximum Gasteiger partial charge on any atom is 0.00685 e. The van der Waals surface area contributed by atoms with Crippen LogP contribution in [0.2, 0.25) is 0 Å². The first-order chi connectivity index (χ1) is 7.72. The summed E-state index contributed by atoms with van der Waals surface area (Å²) in [6, 6.07) is 0.825. The molecule has 2 saturated carbocycles. The summed E-state index contributed by atoms with van der Waals surface area (Å²) in [5.41, 5.74) is 0.324. The topological polar surface area (TPSA) is 12.0 Å². The molecule has 1 heteroatoms. The molecule has 1 unspecified atom stereocenters. The Morgan fingerprint density at radius 2 is 1.88 bits per heavy atom. The summed E-state index contributed by atoms with van der Waals surface area (Å²) in [7, 11) is 0. The second-order valence-corrected chi connectivity index (χ2v) is 6.22. The van der Waals surface area contributed by atoms with Crippen LogP contribution in [-0.2, 0) is 0 Å². The fourth-order valence-electron chi connectivity index (χ4n) is 2.94. The van der Waals surface area contributed by atoms with Crippen LogP contribution < -0.4 is 5.32 Å². The minimum absolute atomic E-state index is 0.324. The van der Waals surface area contributed by atoms with Crippen molar-refractivity contribution in [1.29, 1.82) is 0 Å². The first kappa shape index (κ1) is 12.2. The van der Waals surface area contributed by atoms with Crippen LogP contribution in [0.3, 0.4) is 0 Å². The molecule has 0 aromatic heterocycles. The molecule has 1 atom stereocenters. The zero-order valence-electron chi connectivity index (χ0n) is 10.8. The molecule has 16 heavy (non-hydrogen) atoms. The highest BCUT2D eigenvalue weighted by Gasteiger charge is 2.29. The third kappa shape index (κ3) is 3.62. The summed E-state index contributed by atoms with van der Waals surface area (Å²) in [5.74, 6) is 0.956. The molecule has 2 rings (SSSR count). The van der Waals surface area contributed by atoms with Crippen molar-refractivity contribution in [2.24, 2.45) is 11.3 Å². The van der Waals surface area contributed by atoms with Gasteiger partial charge in [0.15, 0.2) is 0 Å². The zero-order chi connectivity index (χ0) is 11.4. The standard InChI is InChI=1S/C15H27N/c1-3-15(2,12-16-14-9-10-14)11-13-7-5-4-6-8-13/h3,13-14,16H,1,4-12H2,2H3. The SMILES string of the molecule is C=CC(C)(CNC1CC1)CC1CCCCC1. The Bertz CT molecular complexity index is 226. The zero-order valence-corrected chi connectivity index (χ0v) is 10.8. The Morgan fingerprint density at radius 3 is 2.44 bits per heavy atom. The molecule has 92 valence electrons. The molecule has 1 N–H and O–H groups in total. The lowest BCUT2D eigenvalue weighted by Gasteiger charge is -2.33. The van der Waals surface area contributed by atoms with Crippen molar-refractivity contribution in [2.45, 2.75) is 64.3 Å².